The summed E-state index contributed by atoms with van der Waals surface area (Å²) in [6.45, 7) is 7.24. The van der Waals surface area contributed by atoms with Gasteiger partial charge >= 0.3 is 0 Å². The minimum absolute atomic E-state index is 0. The van der Waals surface area contributed by atoms with Crippen LogP contribution in [0.25, 0.3) is 0 Å². The molecular formula is C13H25ClN2O. The molecule has 2 aliphatic rings. The molecule has 1 aliphatic heterocycles. The zero-order chi connectivity index (χ0) is 11.6. The summed E-state index contributed by atoms with van der Waals surface area (Å²) in [7, 11) is 0. The first-order valence-electron chi connectivity index (χ1n) is 6.59. The van der Waals surface area contributed by atoms with Crippen molar-refractivity contribution in [1.29, 1.82) is 0 Å². The molecule has 0 aromatic heterocycles. The lowest BCUT2D eigenvalue weighted by molar-refractivity contribution is -0.127. The minimum Gasteiger partial charge on any atom is -0.355 e. The van der Waals surface area contributed by atoms with Gasteiger partial charge in [-0.3, -0.25) is 4.79 Å². The Labute approximate surface area is 111 Å². The number of carbonyl (C=O) groups is 1. The van der Waals surface area contributed by atoms with Crippen LogP contribution in [0.1, 0.15) is 39.5 Å². The molecule has 17 heavy (non-hydrogen) atoms. The summed E-state index contributed by atoms with van der Waals surface area (Å²) in [5.74, 6) is 0.974. The molecule has 1 amide bonds. The van der Waals surface area contributed by atoms with Gasteiger partial charge in [-0.1, -0.05) is 26.7 Å². The van der Waals surface area contributed by atoms with Crippen LogP contribution in [0.3, 0.4) is 0 Å². The molecule has 0 aromatic carbocycles. The Morgan fingerprint density at radius 2 is 2.00 bits per heavy atom. The number of hydrogen-bond donors (Lipinski definition) is 2. The highest BCUT2D eigenvalue weighted by Gasteiger charge is 2.32. The molecule has 1 saturated carbocycles. The molecule has 0 bridgehead atoms. The summed E-state index contributed by atoms with van der Waals surface area (Å²) in [4.78, 5) is 11.9. The van der Waals surface area contributed by atoms with Gasteiger partial charge in [0.15, 0.2) is 0 Å². The molecule has 2 rings (SSSR count). The van der Waals surface area contributed by atoms with E-state index in [-0.39, 0.29) is 24.2 Å². The third-order valence-corrected chi connectivity index (χ3v) is 4.43. The molecule has 2 N–H and O–H groups in total. The maximum absolute atomic E-state index is 11.9. The molecule has 3 nitrogen and oxygen atoms in total. The van der Waals surface area contributed by atoms with Crippen LogP contribution in [0.4, 0.5) is 0 Å². The maximum Gasteiger partial charge on any atom is 0.223 e. The highest BCUT2D eigenvalue weighted by molar-refractivity contribution is 5.85. The summed E-state index contributed by atoms with van der Waals surface area (Å²) in [5.41, 5.74) is 0.368. The van der Waals surface area contributed by atoms with E-state index in [0.29, 0.717) is 11.3 Å². The van der Waals surface area contributed by atoms with Crippen molar-refractivity contribution in [2.45, 2.75) is 39.5 Å². The Balaban J connectivity index is 0.00000144. The third-order valence-electron chi connectivity index (χ3n) is 4.43. The fourth-order valence-corrected chi connectivity index (χ4v) is 2.75. The topological polar surface area (TPSA) is 41.1 Å². The lowest BCUT2D eigenvalue weighted by Gasteiger charge is -2.32. The van der Waals surface area contributed by atoms with Crippen LogP contribution < -0.4 is 10.6 Å². The second kappa shape index (κ2) is 6.05. The van der Waals surface area contributed by atoms with Crippen LogP contribution in [-0.2, 0) is 4.79 Å². The summed E-state index contributed by atoms with van der Waals surface area (Å²) in [6.07, 6.45) is 5.20. The summed E-state index contributed by atoms with van der Waals surface area (Å²) >= 11 is 0. The highest BCUT2D eigenvalue weighted by atomic mass is 35.5. The van der Waals surface area contributed by atoms with E-state index < -0.39 is 0 Å². The average molecular weight is 261 g/mol. The Morgan fingerprint density at radius 1 is 1.41 bits per heavy atom. The van der Waals surface area contributed by atoms with Gasteiger partial charge in [-0.2, -0.15) is 0 Å². The van der Waals surface area contributed by atoms with Crippen LogP contribution in [0.15, 0.2) is 0 Å². The standard InChI is InChI=1S/C13H24N2O.ClH/c1-10(11-7-14-8-11)12(16)15-9-13(2)5-3-4-6-13;/h10-11,14H,3-9H2,1-2H3,(H,15,16);1H. The summed E-state index contributed by atoms with van der Waals surface area (Å²) in [5, 5.41) is 6.37. The van der Waals surface area contributed by atoms with E-state index in [1.165, 1.54) is 25.7 Å². The molecule has 0 spiro atoms. The van der Waals surface area contributed by atoms with Crippen LogP contribution in [-0.4, -0.2) is 25.5 Å². The average Bonchev–Trinajstić information content (AvgIpc) is 2.59. The summed E-state index contributed by atoms with van der Waals surface area (Å²) < 4.78 is 0. The third kappa shape index (κ3) is 3.59. The first-order chi connectivity index (χ1) is 7.61. The number of nitrogens with one attached hydrogen (secondary N) is 2. The van der Waals surface area contributed by atoms with Crippen molar-refractivity contribution in [1.82, 2.24) is 10.6 Å². The summed E-state index contributed by atoms with van der Waals surface area (Å²) in [6, 6.07) is 0. The Bertz CT molecular complexity index is 260. The van der Waals surface area contributed by atoms with E-state index >= 15 is 0 Å². The highest BCUT2D eigenvalue weighted by Crippen LogP contribution is 2.36. The number of amides is 1. The number of halogens is 1. The Morgan fingerprint density at radius 3 is 2.47 bits per heavy atom. The van der Waals surface area contributed by atoms with Crippen LogP contribution >= 0.6 is 12.4 Å². The fraction of sp³-hybridized carbons (Fsp3) is 0.923. The van der Waals surface area contributed by atoms with Gasteiger partial charge in [-0.25, -0.2) is 0 Å². The van der Waals surface area contributed by atoms with Gasteiger partial charge in [0.1, 0.15) is 0 Å². The normalized spacial score (nSPS) is 24.6. The molecule has 1 atom stereocenters. The number of carbonyl (C=O) groups excluding carboxylic acids is 1. The SMILES string of the molecule is CC(C(=O)NCC1(C)CCCC1)C1CNC1.Cl. The maximum atomic E-state index is 11.9. The van der Waals surface area contributed by atoms with E-state index in [2.05, 4.69) is 24.5 Å². The first kappa shape index (κ1) is 14.8. The van der Waals surface area contributed by atoms with Gasteiger partial charge < -0.3 is 10.6 Å². The number of hydrogen-bond acceptors (Lipinski definition) is 2. The molecule has 2 fully saturated rings. The van der Waals surface area contributed by atoms with E-state index in [1.54, 1.807) is 0 Å². The monoisotopic (exact) mass is 260 g/mol. The molecule has 0 radical (unpaired) electrons. The van der Waals surface area contributed by atoms with E-state index in [4.69, 9.17) is 0 Å². The van der Waals surface area contributed by atoms with E-state index in [0.717, 1.165) is 19.6 Å². The molecule has 1 aliphatic carbocycles. The second-order valence-corrected chi connectivity index (χ2v) is 5.94. The number of rotatable bonds is 4. The van der Waals surface area contributed by atoms with Crippen LogP contribution in [0.2, 0.25) is 0 Å². The zero-order valence-electron chi connectivity index (χ0n) is 10.9. The predicted octanol–water partition coefficient (Wildman–Crippen LogP) is 1.96. The molecule has 1 unspecified atom stereocenters. The predicted molar refractivity (Wildman–Crippen MR) is 72.4 cm³/mol. The molecule has 4 heteroatoms. The lowest BCUT2D eigenvalue weighted by atomic mass is 9.86. The first-order valence-corrected chi connectivity index (χ1v) is 6.59. The van der Waals surface area contributed by atoms with E-state index in [9.17, 15) is 4.79 Å². The van der Waals surface area contributed by atoms with Gasteiger partial charge in [0.05, 0.1) is 0 Å². The van der Waals surface area contributed by atoms with Crippen molar-refractivity contribution >= 4 is 18.3 Å². The van der Waals surface area contributed by atoms with Crippen LogP contribution in [0.5, 0.6) is 0 Å². The van der Waals surface area contributed by atoms with Crippen molar-refractivity contribution < 1.29 is 4.79 Å². The van der Waals surface area contributed by atoms with Crippen LogP contribution in [0, 0.1) is 17.3 Å². The van der Waals surface area contributed by atoms with E-state index in [1.807, 2.05) is 0 Å². The molecule has 100 valence electrons. The van der Waals surface area contributed by atoms with Crippen molar-refractivity contribution in [3.63, 3.8) is 0 Å². The zero-order valence-corrected chi connectivity index (χ0v) is 11.7. The van der Waals surface area contributed by atoms with Gasteiger partial charge in [-0.05, 0) is 37.3 Å². The Kier molecular flexibility index (Phi) is 5.26. The second-order valence-electron chi connectivity index (χ2n) is 5.94. The molecule has 0 aromatic rings. The lowest BCUT2D eigenvalue weighted by Crippen LogP contribution is -2.50. The molecular weight excluding hydrogens is 236 g/mol. The molecule has 1 heterocycles. The van der Waals surface area contributed by atoms with Gasteiger partial charge in [0.2, 0.25) is 5.91 Å². The molecule has 1 saturated heterocycles. The van der Waals surface area contributed by atoms with Gasteiger partial charge in [0, 0.05) is 12.5 Å². The Hall–Kier alpha value is -0.280. The van der Waals surface area contributed by atoms with Crippen molar-refractivity contribution in [3.8, 4) is 0 Å². The minimum atomic E-state index is 0. The largest absolute Gasteiger partial charge is 0.355 e. The smallest absolute Gasteiger partial charge is 0.223 e. The van der Waals surface area contributed by atoms with Gasteiger partial charge in [-0.15, -0.1) is 12.4 Å². The van der Waals surface area contributed by atoms with Crippen molar-refractivity contribution in [2.24, 2.45) is 17.3 Å². The quantitative estimate of drug-likeness (QED) is 0.811. The van der Waals surface area contributed by atoms with Crippen molar-refractivity contribution in [2.75, 3.05) is 19.6 Å². The fourth-order valence-electron chi connectivity index (χ4n) is 2.75. The van der Waals surface area contributed by atoms with Gasteiger partial charge in [0.25, 0.3) is 0 Å². The van der Waals surface area contributed by atoms with Crippen molar-refractivity contribution in [3.05, 3.63) is 0 Å².